The molecule has 7 nitrogen and oxygen atoms in total. The van der Waals surface area contributed by atoms with Crippen molar-refractivity contribution in [2.75, 3.05) is 19.5 Å². The first kappa shape index (κ1) is 19.5. The van der Waals surface area contributed by atoms with E-state index in [1.165, 1.54) is 18.2 Å². The molecule has 0 radical (unpaired) electrons. The van der Waals surface area contributed by atoms with Crippen molar-refractivity contribution in [1.29, 1.82) is 0 Å². The summed E-state index contributed by atoms with van der Waals surface area (Å²) in [6.07, 6.45) is 0.578. The highest BCUT2D eigenvalue weighted by Crippen LogP contribution is 2.28. The van der Waals surface area contributed by atoms with Crippen molar-refractivity contribution in [1.82, 2.24) is 15.5 Å². The van der Waals surface area contributed by atoms with Crippen molar-refractivity contribution in [3.63, 3.8) is 0 Å². The van der Waals surface area contributed by atoms with Gasteiger partial charge in [0.2, 0.25) is 0 Å². The first-order valence-corrected chi connectivity index (χ1v) is 8.75. The Morgan fingerprint density at radius 3 is 2.68 bits per heavy atom. The van der Waals surface area contributed by atoms with Crippen LogP contribution in [0.1, 0.15) is 23.1 Å². The van der Waals surface area contributed by atoms with E-state index >= 15 is 0 Å². The summed E-state index contributed by atoms with van der Waals surface area (Å²) < 4.78 is 24.2. The number of rotatable bonds is 7. The number of halogens is 1. The third-order valence-electron chi connectivity index (χ3n) is 4.26. The average molecular weight is 384 g/mol. The predicted molar refractivity (Wildman–Crippen MR) is 103 cm³/mol. The lowest BCUT2D eigenvalue weighted by atomic mass is 10.1. The molecular weight excluding hydrogens is 363 g/mol. The number of carbonyl (C=O) groups excluding carboxylic acids is 1. The highest BCUT2D eigenvalue weighted by molar-refractivity contribution is 6.06. The molecule has 2 aromatic carbocycles. The van der Waals surface area contributed by atoms with Crippen LogP contribution in [0.4, 0.5) is 10.1 Å². The number of nitrogens with one attached hydrogen (secondary N) is 2. The number of aromatic nitrogens is 2. The standard InChI is InChI=1S/C20H21FN4O3/c1-12(22-2)10-18-24-20(28-25-18)16-9-6-14(21)11-17(16)23-19(26)13-4-7-15(27-3)8-5-13/h4-9,11-12,22H,10H2,1-3H3,(H,23,26). The van der Waals surface area contributed by atoms with E-state index in [9.17, 15) is 9.18 Å². The molecule has 146 valence electrons. The van der Waals surface area contributed by atoms with Gasteiger partial charge in [-0.15, -0.1) is 0 Å². The minimum absolute atomic E-state index is 0.174. The number of anilines is 1. The maximum atomic E-state index is 13.8. The lowest BCUT2D eigenvalue weighted by molar-refractivity contribution is 0.102. The zero-order valence-electron chi connectivity index (χ0n) is 15.8. The van der Waals surface area contributed by atoms with E-state index < -0.39 is 11.7 Å². The van der Waals surface area contributed by atoms with Crippen molar-refractivity contribution in [2.45, 2.75) is 19.4 Å². The molecule has 0 fully saturated rings. The maximum absolute atomic E-state index is 13.8. The number of ether oxygens (including phenoxy) is 1. The number of carbonyl (C=O) groups is 1. The monoisotopic (exact) mass is 384 g/mol. The van der Waals surface area contributed by atoms with Crippen molar-refractivity contribution < 1.29 is 18.4 Å². The summed E-state index contributed by atoms with van der Waals surface area (Å²) in [5.74, 6) is 0.490. The Hall–Kier alpha value is -3.26. The molecule has 3 rings (SSSR count). The van der Waals surface area contributed by atoms with Crippen LogP contribution in [0.5, 0.6) is 5.75 Å². The Labute approximate surface area is 161 Å². The summed E-state index contributed by atoms with van der Waals surface area (Å²) in [5.41, 5.74) is 1.10. The average Bonchev–Trinajstić information content (AvgIpc) is 3.16. The Bertz CT molecular complexity index is 956. The fourth-order valence-electron chi connectivity index (χ4n) is 2.57. The van der Waals surface area contributed by atoms with E-state index in [0.717, 1.165) is 0 Å². The number of hydrogen-bond acceptors (Lipinski definition) is 6. The predicted octanol–water partition coefficient (Wildman–Crippen LogP) is 3.29. The maximum Gasteiger partial charge on any atom is 0.260 e. The van der Waals surface area contributed by atoms with E-state index in [1.807, 2.05) is 14.0 Å². The fourth-order valence-corrected chi connectivity index (χ4v) is 2.57. The van der Waals surface area contributed by atoms with E-state index in [4.69, 9.17) is 9.26 Å². The van der Waals surface area contributed by atoms with Crippen LogP contribution in [0.25, 0.3) is 11.5 Å². The van der Waals surface area contributed by atoms with Crippen LogP contribution in [-0.2, 0) is 6.42 Å². The number of likely N-dealkylation sites (N-methyl/N-ethyl adjacent to an activating group) is 1. The minimum atomic E-state index is -0.489. The van der Waals surface area contributed by atoms with Crippen LogP contribution < -0.4 is 15.4 Å². The van der Waals surface area contributed by atoms with Crippen LogP contribution in [0.3, 0.4) is 0 Å². The van der Waals surface area contributed by atoms with E-state index in [0.29, 0.717) is 29.1 Å². The Morgan fingerprint density at radius 1 is 1.25 bits per heavy atom. The van der Waals surface area contributed by atoms with E-state index in [-0.39, 0.29) is 17.6 Å². The Kier molecular flexibility index (Phi) is 6.00. The van der Waals surface area contributed by atoms with Gasteiger partial charge in [-0.05, 0) is 56.4 Å². The Balaban J connectivity index is 1.85. The highest BCUT2D eigenvalue weighted by Gasteiger charge is 2.17. The molecule has 1 unspecified atom stereocenters. The third kappa shape index (κ3) is 4.52. The second-order valence-electron chi connectivity index (χ2n) is 6.28. The molecule has 0 saturated heterocycles. The molecule has 0 aliphatic heterocycles. The van der Waals surface area contributed by atoms with Gasteiger partial charge in [0.05, 0.1) is 18.4 Å². The molecule has 0 aliphatic carbocycles. The van der Waals surface area contributed by atoms with Crippen LogP contribution in [0.15, 0.2) is 47.0 Å². The quantitative estimate of drug-likeness (QED) is 0.650. The summed E-state index contributed by atoms with van der Waals surface area (Å²) in [5, 5.41) is 9.76. The number of hydrogen-bond donors (Lipinski definition) is 2. The molecule has 28 heavy (non-hydrogen) atoms. The molecule has 1 heterocycles. The molecule has 0 spiro atoms. The van der Waals surface area contributed by atoms with Gasteiger partial charge in [-0.25, -0.2) is 4.39 Å². The normalized spacial score (nSPS) is 11.9. The first-order valence-electron chi connectivity index (χ1n) is 8.75. The van der Waals surface area contributed by atoms with Crippen molar-refractivity contribution >= 4 is 11.6 Å². The number of methoxy groups -OCH3 is 1. The molecule has 0 saturated carbocycles. The van der Waals surface area contributed by atoms with Gasteiger partial charge in [0, 0.05) is 18.0 Å². The van der Waals surface area contributed by atoms with Crippen molar-refractivity contribution in [2.24, 2.45) is 0 Å². The summed E-state index contributed by atoms with van der Waals surface area (Å²) in [6, 6.07) is 10.8. The molecule has 8 heteroatoms. The molecule has 2 N–H and O–H groups in total. The topological polar surface area (TPSA) is 89.3 Å². The van der Waals surface area contributed by atoms with E-state index in [1.54, 1.807) is 31.4 Å². The molecule has 0 bridgehead atoms. The number of benzene rings is 2. The fraction of sp³-hybridized carbons (Fsp3) is 0.250. The SMILES string of the molecule is CNC(C)Cc1noc(-c2ccc(F)cc2NC(=O)c2ccc(OC)cc2)n1. The summed E-state index contributed by atoms with van der Waals surface area (Å²) in [7, 11) is 3.39. The third-order valence-corrected chi connectivity index (χ3v) is 4.26. The van der Waals surface area contributed by atoms with Crippen LogP contribution >= 0.6 is 0 Å². The minimum Gasteiger partial charge on any atom is -0.497 e. The molecule has 3 aromatic rings. The van der Waals surface area contributed by atoms with Crippen LogP contribution in [-0.4, -0.2) is 36.2 Å². The molecule has 1 aromatic heterocycles. The summed E-state index contributed by atoms with van der Waals surface area (Å²) in [4.78, 5) is 16.9. The molecular formula is C20H21FN4O3. The van der Waals surface area contributed by atoms with Crippen molar-refractivity contribution in [3.8, 4) is 17.2 Å². The first-order chi connectivity index (χ1) is 13.5. The lowest BCUT2D eigenvalue weighted by Crippen LogP contribution is -2.24. The van der Waals surface area contributed by atoms with Crippen LogP contribution in [0, 0.1) is 5.82 Å². The second kappa shape index (κ2) is 8.62. The molecule has 0 aliphatic rings. The summed E-state index contributed by atoms with van der Waals surface area (Å²) >= 11 is 0. The van der Waals surface area contributed by atoms with Gasteiger partial charge in [0.25, 0.3) is 11.8 Å². The lowest BCUT2D eigenvalue weighted by Gasteiger charge is -2.09. The van der Waals surface area contributed by atoms with Gasteiger partial charge < -0.3 is 19.9 Å². The molecule has 1 atom stereocenters. The zero-order chi connectivity index (χ0) is 20.1. The zero-order valence-corrected chi connectivity index (χ0v) is 15.8. The van der Waals surface area contributed by atoms with Gasteiger partial charge >= 0.3 is 0 Å². The van der Waals surface area contributed by atoms with Crippen molar-refractivity contribution in [3.05, 3.63) is 59.7 Å². The largest absolute Gasteiger partial charge is 0.497 e. The highest BCUT2D eigenvalue weighted by atomic mass is 19.1. The second-order valence-corrected chi connectivity index (χ2v) is 6.28. The van der Waals surface area contributed by atoms with Gasteiger partial charge in [0.15, 0.2) is 5.82 Å². The summed E-state index contributed by atoms with van der Waals surface area (Å²) in [6.45, 7) is 1.99. The van der Waals surface area contributed by atoms with Gasteiger partial charge in [-0.1, -0.05) is 5.16 Å². The van der Waals surface area contributed by atoms with E-state index in [2.05, 4.69) is 20.8 Å². The van der Waals surface area contributed by atoms with Gasteiger partial charge in [-0.2, -0.15) is 4.98 Å². The smallest absolute Gasteiger partial charge is 0.260 e. The molecule has 1 amide bonds. The van der Waals surface area contributed by atoms with Crippen LogP contribution in [0.2, 0.25) is 0 Å². The number of nitrogens with zero attached hydrogens (tertiary/aromatic N) is 2. The Morgan fingerprint density at radius 2 is 2.00 bits per heavy atom. The van der Waals surface area contributed by atoms with Gasteiger partial charge in [0.1, 0.15) is 11.6 Å². The van der Waals surface area contributed by atoms with Gasteiger partial charge in [-0.3, -0.25) is 4.79 Å². The number of amides is 1.